The maximum atomic E-state index is 12.0. The van der Waals surface area contributed by atoms with E-state index < -0.39 is 0 Å². The lowest BCUT2D eigenvalue weighted by Crippen LogP contribution is -2.19. The molecule has 1 aliphatic heterocycles. The van der Waals surface area contributed by atoms with Crippen LogP contribution in [0.3, 0.4) is 0 Å². The molecule has 2 amide bonds. The number of hydrogen-bond donors (Lipinski definition) is 2. The van der Waals surface area contributed by atoms with Crippen molar-refractivity contribution in [2.45, 2.75) is 4.90 Å². The minimum absolute atomic E-state index is 0.282. The quantitative estimate of drug-likeness (QED) is 0.821. The van der Waals surface area contributed by atoms with Crippen LogP contribution >= 0.6 is 23.4 Å². The molecule has 0 atom stereocenters. The number of benzene rings is 2. The lowest BCUT2D eigenvalue weighted by Gasteiger charge is -2.17. The molecular formula is C16H11ClN2O2S. The first-order valence-corrected chi connectivity index (χ1v) is 7.68. The van der Waals surface area contributed by atoms with E-state index in [0.717, 1.165) is 10.6 Å². The Balaban J connectivity index is 1.76. The molecule has 2 aromatic rings. The van der Waals surface area contributed by atoms with Crippen LogP contribution in [0.25, 0.3) is 0 Å². The molecule has 0 bridgehead atoms. The molecular weight excluding hydrogens is 320 g/mol. The Kier molecular flexibility index (Phi) is 4.18. The fourth-order valence-electron chi connectivity index (χ4n) is 1.93. The monoisotopic (exact) mass is 330 g/mol. The van der Waals surface area contributed by atoms with Gasteiger partial charge in [0.15, 0.2) is 0 Å². The van der Waals surface area contributed by atoms with Crippen LogP contribution in [0.5, 0.6) is 0 Å². The lowest BCUT2D eigenvalue weighted by molar-refractivity contribution is -0.114. The van der Waals surface area contributed by atoms with Crippen molar-refractivity contribution in [3.05, 3.63) is 64.5 Å². The second-order valence-corrected chi connectivity index (χ2v) is 6.08. The van der Waals surface area contributed by atoms with Crippen LogP contribution in [-0.4, -0.2) is 11.8 Å². The molecule has 0 unspecified atom stereocenters. The maximum absolute atomic E-state index is 12.0. The van der Waals surface area contributed by atoms with Crippen molar-refractivity contribution < 1.29 is 9.59 Å². The number of nitrogens with one attached hydrogen (secondary N) is 2. The van der Waals surface area contributed by atoms with Crippen molar-refractivity contribution in [1.82, 2.24) is 0 Å². The number of amides is 2. The summed E-state index contributed by atoms with van der Waals surface area (Å²) in [6, 6.07) is 14.2. The molecule has 2 aromatic carbocycles. The van der Waals surface area contributed by atoms with Crippen LogP contribution in [0.1, 0.15) is 0 Å². The zero-order valence-corrected chi connectivity index (χ0v) is 12.9. The Morgan fingerprint density at radius 3 is 2.64 bits per heavy atom. The van der Waals surface area contributed by atoms with Gasteiger partial charge in [-0.1, -0.05) is 35.5 Å². The van der Waals surface area contributed by atoms with Crippen molar-refractivity contribution in [3.8, 4) is 0 Å². The summed E-state index contributed by atoms with van der Waals surface area (Å²) in [4.78, 5) is 25.3. The van der Waals surface area contributed by atoms with Gasteiger partial charge < -0.3 is 10.6 Å². The summed E-state index contributed by atoms with van der Waals surface area (Å²) in [6.07, 6.45) is 1.30. The standard InChI is InChI=1S/C16H11ClN2O2S/c17-10-5-7-11(8-6-10)18-15(20)9-14-16(21)19-12-3-1-2-4-13(12)22-14/h1-9H,(H,18,20)(H,19,21)/b14-9-. The topological polar surface area (TPSA) is 58.2 Å². The number of carbonyl (C=O) groups excluding carboxylic acids is 2. The largest absolute Gasteiger partial charge is 0.322 e. The third-order valence-electron chi connectivity index (χ3n) is 2.95. The van der Waals surface area contributed by atoms with Crippen molar-refractivity contribution in [3.63, 3.8) is 0 Å². The summed E-state index contributed by atoms with van der Waals surface area (Å²) < 4.78 is 0. The SMILES string of the molecule is O=C(/C=C1\Sc2ccccc2NC1=O)Nc1ccc(Cl)cc1. The molecule has 3 rings (SSSR count). The van der Waals surface area contributed by atoms with Gasteiger partial charge >= 0.3 is 0 Å². The number of anilines is 2. The highest BCUT2D eigenvalue weighted by Crippen LogP contribution is 2.37. The first-order valence-electron chi connectivity index (χ1n) is 6.48. The van der Waals surface area contributed by atoms with Crippen LogP contribution in [0.15, 0.2) is 64.4 Å². The number of carbonyl (C=O) groups is 2. The molecule has 22 heavy (non-hydrogen) atoms. The normalized spacial score (nSPS) is 15.1. The fourth-order valence-corrected chi connectivity index (χ4v) is 2.98. The van der Waals surface area contributed by atoms with Gasteiger partial charge in [-0.2, -0.15) is 0 Å². The van der Waals surface area contributed by atoms with Gasteiger partial charge in [-0.15, -0.1) is 0 Å². The first kappa shape index (κ1) is 14.7. The van der Waals surface area contributed by atoms with E-state index in [1.807, 2.05) is 24.3 Å². The molecule has 2 N–H and O–H groups in total. The van der Waals surface area contributed by atoms with Gasteiger partial charge in [0, 0.05) is 21.7 Å². The molecule has 1 aliphatic rings. The van der Waals surface area contributed by atoms with Crippen molar-refractivity contribution >= 4 is 46.6 Å². The highest BCUT2D eigenvalue weighted by Gasteiger charge is 2.21. The van der Waals surface area contributed by atoms with Crippen molar-refractivity contribution in [2.24, 2.45) is 0 Å². The summed E-state index contributed by atoms with van der Waals surface area (Å²) >= 11 is 7.06. The summed E-state index contributed by atoms with van der Waals surface area (Å²) in [5.41, 5.74) is 1.38. The van der Waals surface area contributed by atoms with E-state index in [4.69, 9.17) is 11.6 Å². The van der Waals surface area contributed by atoms with E-state index in [1.165, 1.54) is 17.8 Å². The van der Waals surface area contributed by atoms with Crippen LogP contribution in [0, 0.1) is 0 Å². The Bertz CT molecular complexity index is 772. The second kappa shape index (κ2) is 6.25. The van der Waals surface area contributed by atoms with Gasteiger partial charge in [0.1, 0.15) is 0 Å². The smallest absolute Gasteiger partial charge is 0.262 e. The molecule has 0 spiro atoms. The zero-order chi connectivity index (χ0) is 15.5. The number of para-hydroxylation sites is 1. The predicted octanol–water partition coefficient (Wildman–Crippen LogP) is 3.91. The summed E-state index contributed by atoms with van der Waals surface area (Å²) in [6.45, 7) is 0. The van der Waals surface area contributed by atoms with E-state index in [0.29, 0.717) is 15.6 Å². The first-order chi connectivity index (χ1) is 10.6. The molecule has 0 aliphatic carbocycles. The van der Waals surface area contributed by atoms with Gasteiger partial charge in [0.25, 0.3) is 5.91 Å². The maximum Gasteiger partial charge on any atom is 0.262 e. The Morgan fingerprint density at radius 2 is 1.86 bits per heavy atom. The molecule has 1 heterocycles. The Morgan fingerprint density at radius 1 is 1.14 bits per heavy atom. The average Bonchev–Trinajstić information content (AvgIpc) is 2.50. The average molecular weight is 331 g/mol. The second-order valence-electron chi connectivity index (χ2n) is 4.56. The molecule has 0 radical (unpaired) electrons. The van der Waals surface area contributed by atoms with Gasteiger partial charge in [-0.3, -0.25) is 9.59 Å². The van der Waals surface area contributed by atoms with Gasteiger partial charge in [0.05, 0.1) is 10.6 Å². The molecule has 4 nitrogen and oxygen atoms in total. The third kappa shape index (κ3) is 3.32. The molecule has 0 saturated heterocycles. The van der Waals surface area contributed by atoms with Crippen molar-refractivity contribution in [1.29, 1.82) is 0 Å². The highest BCUT2D eigenvalue weighted by molar-refractivity contribution is 8.04. The number of thioether (sulfide) groups is 1. The van der Waals surface area contributed by atoms with Crippen LogP contribution in [-0.2, 0) is 9.59 Å². The van der Waals surface area contributed by atoms with Crippen LogP contribution in [0.2, 0.25) is 5.02 Å². The highest BCUT2D eigenvalue weighted by atomic mass is 35.5. The fraction of sp³-hybridized carbons (Fsp3) is 0. The minimum Gasteiger partial charge on any atom is -0.322 e. The van der Waals surface area contributed by atoms with E-state index >= 15 is 0 Å². The minimum atomic E-state index is -0.362. The third-order valence-corrected chi connectivity index (χ3v) is 4.30. The van der Waals surface area contributed by atoms with E-state index in [-0.39, 0.29) is 11.8 Å². The number of fused-ring (bicyclic) bond motifs is 1. The summed E-state index contributed by atoms with van der Waals surface area (Å²) in [5.74, 6) is -0.644. The van der Waals surface area contributed by atoms with Gasteiger partial charge in [0.2, 0.25) is 5.91 Å². The molecule has 0 fully saturated rings. The van der Waals surface area contributed by atoms with E-state index in [1.54, 1.807) is 24.3 Å². The van der Waals surface area contributed by atoms with Crippen LogP contribution in [0.4, 0.5) is 11.4 Å². The van der Waals surface area contributed by atoms with E-state index in [2.05, 4.69) is 10.6 Å². The molecule has 110 valence electrons. The predicted molar refractivity (Wildman–Crippen MR) is 89.1 cm³/mol. The zero-order valence-electron chi connectivity index (χ0n) is 11.3. The van der Waals surface area contributed by atoms with Gasteiger partial charge in [-0.25, -0.2) is 0 Å². The van der Waals surface area contributed by atoms with Gasteiger partial charge in [-0.05, 0) is 36.4 Å². The number of hydrogen-bond acceptors (Lipinski definition) is 3. The Labute approximate surface area is 136 Å². The summed E-state index contributed by atoms with van der Waals surface area (Å²) in [7, 11) is 0. The molecule has 0 saturated carbocycles. The van der Waals surface area contributed by atoms with Crippen LogP contribution < -0.4 is 10.6 Å². The Hall–Kier alpha value is -2.24. The number of rotatable bonds is 2. The summed E-state index contributed by atoms with van der Waals surface area (Å²) in [5, 5.41) is 6.05. The number of halogens is 1. The molecule has 0 aromatic heterocycles. The van der Waals surface area contributed by atoms with E-state index in [9.17, 15) is 9.59 Å². The molecule has 6 heteroatoms. The van der Waals surface area contributed by atoms with Crippen molar-refractivity contribution in [2.75, 3.05) is 10.6 Å². The lowest BCUT2D eigenvalue weighted by atomic mass is 10.3.